The Morgan fingerprint density at radius 3 is 2.64 bits per heavy atom. The van der Waals surface area contributed by atoms with Crippen molar-refractivity contribution < 1.29 is 37.4 Å². The summed E-state index contributed by atoms with van der Waals surface area (Å²) in [6.45, 7) is 3.69. The van der Waals surface area contributed by atoms with Gasteiger partial charge in [0.2, 0.25) is 0 Å². The molecule has 0 saturated carbocycles. The van der Waals surface area contributed by atoms with Crippen LogP contribution in [0.2, 0.25) is 0 Å². The highest BCUT2D eigenvalue weighted by Gasteiger charge is 2.55. The minimum atomic E-state index is -4.15. The second-order valence-electron chi connectivity index (χ2n) is 8.53. The number of carbonyl (C=O) groups excluding carboxylic acids is 1. The van der Waals surface area contributed by atoms with E-state index in [-0.39, 0.29) is 24.8 Å². The fraction of sp³-hybridized carbons (Fsp3) is 0.500. The molecule has 0 spiro atoms. The Morgan fingerprint density at radius 1 is 1.31 bits per heavy atom. The summed E-state index contributed by atoms with van der Waals surface area (Å²) in [6, 6.07) is 9.08. The third-order valence-corrected chi connectivity index (χ3v) is 6.75. The van der Waals surface area contributed by atoms with Gasteiger partial charge < -0.3 is 19.1 Å². The summed E-state index contributed by atoms with van der Waals surface area (Å²) >= 11 is 0. The molecule has 1 aromatic carbocycles. The van der Waals surface area contributed by atoms with Crippen LogP contribution in [-0.4, -0.2) is 57.8 Å². The standard InChI is InChI=1S/C22H29FN3O9P/c1-14(2)33-18(28)9-11-24-36(31,35-15-7-5-4-6-8-15)32-13-16-19(29)22(3,23)20(34-16)26-12-10-17(27)25-21(26)30/h4-8,10,12,14,16,19-20,29H,9,11,13H2,1-3H3,(H,24,31)(H,25,27,30)/t16-,19-,20-,22-,36?/m1/s1. The van der Waals surface area contributed by atoms with E-state index in [9.17, 15) is 24.1 Å². The van der Waals surface area contributed by atoms with Crippen molar-refractivity contribution in [1.82, 2.24) is 14.6 Å². The van der Waals surface area contributed by atoms with E-state index in [1.807, 2.05) is 4.98 Å². The molecule has 0 radical (unpaired) electrons. The van der Waals surface area contributed by atoms with Crippen LogP contribution in [0.3, 0.4) is 0 Å². The van der Waals surface area contributed by atoms with Crippen LogP contribution in [0.25, 0.3) is 0 Å². The largest absolute Gasteiger partial charge is 0.463 e. The number of hydrogen-bond acceptors (Lipinski definition) is 9. The molecule has 0 aliphatic carbocycles. The van der Waals surface area contributed by atoms with Gasteiger partial charge in [-0.15, -0.1) is 0 Å². The first kappa shape index (κ1) is 27.8. The number of halogens is 1. The summed E-state index contributed by atoms with van der Waals surface area (Å²) in [5, 5.41) is 13.1. The van der Waals surface area contributed by atoms with Crippen molar-refractivity contribution in [3.8, 4) is 5.75 Å². The number of nitrogens with one attached hydrogen (secondary N) is 2. The molecule has 3 rings (SSSR count). The molecular weight excluding hydrogens is 500 g/mol. The first-order valence-corrected chi connectivity index (χ1v) is 12.7. The second kappa shape index (κ2) is 11.5. The molecule has 36 heavy (non-hydrogen) atoms. The van der Waals surface area contributed by atoms with Gasteiger partial charge in [-0.25, -0.2) is 18.8 Å². The molecule has 1 aliphatic rings. The maximum Gasteiger partial charge on any atom is 0.458 e. The fourth-order valence-corrected chi connectivity index (χ4v) is 4.81. The molecule has 12 nitrogen and oxygen atoms in total. The molecule has 1 saturated heterocycles. The van der Waals surface area contributed by atoms with Crippen molar-refractivity contribution in [2.24, 2.45) is 0 Å². The zero-order valence-electron chi connectivity index (χ0n) is 20.0. The van der Waals surface area contributed by atoms with E-state index in [1.54, 1.807) is 32.0 Å². The zero-order valence-corrected chi connectivity index (χ0v) is 20.9. The Labute approximate surface area is 205 Å². The number of aliphatic hydroxyl groups excluding tert-OH is 1. The molecule has 2 heterocycles. The van der Waals surface area contributed by atoms with E-state index >= 15 is 4.39 Å². The first-order valence-electron chi connectivity index (χ1n) is 11.2. The number of ether oxygens (including phenoxy) is 2. The van der Waals surface area contributed by atoms with Crippen molar-refractivity contribution in [2.75, 3.05) is 13.2 Å². The number of esters is 1. The van der Waals surface area contributed by atoms with Gasteiger partial charge in [0.15, 0.2) is 11.9 Å². The summed E-state index contributed by atoms with van der Waals surface area (Å²) in [5.41, 5.74) is -4.08. The number of rotatable bonds is 11. The number of H-pyrrole nitrogens is 1. The Kier molecular flexibility index (Phi) is 8.85. The van der Waals surface area contributed by atoms with Crippen LogP contribution in [0.15, 0.2) is 52.2 Å². The van der Waals surface area contributed by atoms with Crippen molar-refractivity contribution in [3.05, 3.63) is 63.4 Å². The molecular formula is C22H29FN3O9P. The van der Waals surface area contributed by atoms with Gasteiger partial charge in [-0.1, -0.05) is 18.2 Å². The van der Waals surface area contributed by atoms with Crippen LogP contribution in [-0.2, 0) is 23.4 Å². The van der Waals surface area contributed by atoms with E-state index < -0.39 is 55.7 Å². The number of hydrogen-bond donors (Lipinski definition) is 3. The molecule has 198 valence electrons. The van der Waals surface area contributed by atoms with Crippen molar-refractivity contribution in [2.45, 2.75) is 57.4 Å². The Morgan fingerprint density at radius 2 is 2.00 bits per heavy atom. The van der Waals surface area contributed by atoms with Crippen LogP contribution in [0.5, 0.6) is 5.75 Å². The number of benzene rings is 1. The number of aliphatic hydroxyl groups is 1. The van der Waals surface area contributed by atoms with E-state index in [0.717, 1.165) is 23.8 Å². The lowest BCUT2D eigenvalue weighted by atomic mass is 9.98. The highest BCUT2D eigenvalue weighted by atomic mass is 31.2. The van der Waals surface area contributed by atoms with Gasteiger partial charge in [-0.3, -0.25) is 23.7 Å². The van der Waals surface area contributed by atoms with Crippen molar-refractivity contribution in [3.63, 3.8) is 0 Å². The average Bonchev–Trinajstić information content (AvgIpc) is 3.01. The smallest absolute Gasteiger partial charge is 0.458 e. The lowest BCUT2D eigenvalue weighted by Gasteiger charge is -2.24. The Bertz CT molecular complexity index is 1200. The normalized spacial score (nSPS) is 25.4. The summed E-state index contributed by atoms with van der Waals surface area (Å²) in [7, 11) is -4.15. The molecule has 1 aliphatic heterocycles. The van der Waals surface area contributed by atoms with Crippen LogP contribution in [0.4, 0.5) is 4.39 Å². The van der Waals surface area contributed by atoms with Crippen LogP contribution in [0, 0.1) is 0 Å². The maximum absolute atomic E-state index is 15.4. The monoisotopic (exact) mass is 529 g/mol. The Balaban J connectivity index is 1.73. The van der Waals surface area contributed by atoms with Gasteiger partial charge >= 0.3 is 19.4 Å². The number of alkyl halides is 1. The summed E-state index contributed by atoms with van der Waals surface area (Å²) in [5.74, 6) is -0.334. The predicted octanol–water partition coefficient (Wildman–Crippen LogP) is 1.66. The summed E-state index contributed by atoms with van der Waals surface area (Å²) < 4.78 is 51.1. The third-order valence-electron chi connectivity index (χ3n) is 5.20. The molecule has 1 fully saturated rings. The summed E-state index contributed by atoms with van der Waals surface area (Å²) in [4.78, 5) is 37.3. The fourth-order valence-electron chi connectivity index (χ4n) is 3.48. The third kappa shape index (κ3) is 6.89. The molecule has 3 N–H and O–H groups in total. The minimum absolute atomic E-state index is 0.125. The predicted molar refractivity (Wildman–Crippen MR) is 125 cm³/mol. The molecule has 1 unspecified atom stereocenters. The quantitative estimate of drug-likeness (QED) is 0.289. The zero-order chi connectivity index (χ0) is 26.5. The minimum Gasteiger partial charge on any atom is -0.463 e. The van der Waals surface area contributed by atoms with E-state index in [4.69, 9.17) is 18.5 Å². The number of aromatic amines is 1. The maximum atomic E-state index is 15.4. The molecule has 0 amide bonds. The molecule has 1 aromatic heterocycles. The lowest BCUT2D eigenvalue weighted by molar-refractivity contribution is -0.147. The van der Waals surface area contributed by atoms with Gasteiger partial charge in [-0.2, -0.15) is 0 Å². The van der Waals surface area contributed by atoms with Gasteiger partial charge in [0.05, 0.1) is 19.1 Å². The Hall–Kier alpha value is -2.83. The topological polar surface area (TPSA) is 158 Å². The average molecular weight is 529 g/mol. The molecule has 5 atom stereocenters. The number of carbonyl (C=O) groups is 1. The van der Waals surface area contributed by atoms with Crippen molar-refractivity contribution in [1.29, 1.82) is 0 Å². The second-order valence-corrected chi connectivity index (χ2v) is 10.3. The SMILES string of the molecule is CC(C)OC(=O)CCNP(=O)(OC[C@H]1O[C@@H](n2ccc(=O)[nH]c2=O)[C@](C)(F)[C@@H]1O)Oc1ccccc1. The van der Waals surface area contributed by atoms with E-state index in [0.29, 0.717) is 0 Å². The van der Waals surface area contributed by atoms with Crippen LogP contribution < -0.4 is 20.9 Å². The number of para-hydroxylation sites is 1. The van der Waals surface area contributed by atoms with Crippen LogP contribution in [0.1, 0.15) is 33.4 Å². The number of aromatic nitrogens is 2. The van der Waals surface area contributed by atoms with E-state index in [2.05, 4.69) is 5.09 Å². The van der Waals surface area contributed by atoms with Gasteiger partial charge in [0, 0.05) is 18.8 Å². The van der Waals surface area contributed by atoms with Crippen molar-refractivity contribution >= 4 is 13.7 Å². The van der Waals surface area contributed by atoms with Gasteiger partial charge in [0.1, 0.15) is 18.0 Å². The summed E-state index contributed by atoms with van der Waals surface area (Å²) in [6.07, 6.45) is -4.15. The molecule has 14 heteroatoms. The van der Waals surface area contributed by atoms with Gasteiger partial charge in [-0.05, 0) is 32.9 Å². The van der Waals surface area contributed by atoms with E-state index in [1.165, 1.54) is 12.1 Å². The first-order chi connectivity index (χ1) is 16.9. The molecule has 0 bridgehead atoms. The van der Waals surface area contributed by atoms with Crippen LogP contribution >= 0.6 is 7.75 Å². The lowest BCUT2D eigenvalue weighted by Crippen LogP contribution is -2.43. The number of nitrogens with zero attached hydrogens (tertiary/aromatic N) is 1. The highest BCUT2D eigenvalue weighted by Crippen LogP contribution is 2.47. The highest BCUT2D eigenvalue weighted by molar-refractivity contribution is 7.52. The molecule has 2 aromatic rings. The van der Waals surface area contributed by atoms with Gasteiger partial charge in [0.25, 0.3) is 5.56 Å².